The van der Waals surface area contributed by atoms with Crippen molar-refractivity contribution in [1.82, 2.24) is 20.9 Å². The minimum absolute atomic E-state index is 0. The highest BCUT2D eigenvalue weighted by Gasteiger charge is 2.21. The molecule has 1 saturated heterocycles. The molecule has 9 heteroatoms. The lowest BCUT2D eigenvalue weighted by Gasteiger charge is -2.39. The Kier molecular flexibility index (Phi) is 12.7. The first-order chi connectivity index (χ1) is 14.8. The lowest BCUT2D eigenvalue weighted by Crippen LogP contribution is -2.53. The van der Waals surface area contributed by atoms with E-state index in [1.165, 1.54) is 5.69 Å². The van der Waals surface area contributed by atoms with Gasteiger partial charge in [0.25, 0.3) is 0 Å². The van der Waals surface area contributed by atoms with Gasteiger partial charge in [-0.2, -0.15) is 0 Å². The molecule has 1 aliphatic rings. The molecule has 1 aromatic rings. The summed E-state index contributed by atoms with van der Waals surface area (Å²) in [6.07, 6.45) is 0.410. The van der Waals surface area contributed by atoms with Crippen LogP contribution < -0.4 is 20.9 Å². The van der Waals surface area contributed by atoms with Crippen molar-refractivity contribution >= 4 is 41.7 Å². The zero-order valence-electron chi connectivity index (χ0n) is 20.2. The number of ether oxygens (including phenoxy) is 1. The third kappa shape index (κ3) is 10.7. The van der Waals surface area contributed by atoms with Gasteiger partial charge in [-0.3, -0.25) is 9.89 Å². The number of aliphatic imine (C=N–C) groups is 1. The highest BCUT2D eigenvalue weighted by molar-refractivity contribution is 14.0. The van der Waals surface area contributed by atoms with E-state index in [9.17, 15) is 4.79 Å². The Hall–Kier alpha value is -1.75. The molecule has 0 aromatic heterocycles. The van der Waals surface area contributed by atoms with E-state index < -0.39 is 5.60 Å². The van der Waals surface area contributed by atoms with Crippen LogP contribution in [0.25, 0.3) is 0 Å². The van der Waals surface area contributed by atoms with Gasteiger partial charge in [0, 0.05) is 64.6 Å². The van der Waals surface area contributed by atoms with E-state index in [0.717, 1.165) is 51.6 Å². The van der Waals surface area contributed by atoms with Gasteiger partial charge >= 0.3 is 6.09 Å². The smallest absolute Gasteiger partial charge is 0.407 e. The van der Waals surface area contributed by atoms with Crippen LogP contribution in [0.4, 0.5) is 10.5 Å². The van der Waals surface area contributed by atoms with Crippen LogP contribution in [0.5, 0.6) is 0 Å². The number of carbonyl (C=O) groups is 1. The van der Waals surface area contributed by atoms with Gasteiger partial charge in [0.1, 0.15) is 5.60 Å². The second-order valence-corrected chi connectivity index (χ2v) is 8.87. The third-order valence-corrected chi connectivity index (χ3v) is 5.16. The van der Waals surface area contributed by atoms with Gasteiger partial charge in [-0.05, 0) is 46.2 Å². The van der Waals surface area contributed by atoms with Crippen LogP contribution in [0.1, 0.15) is 34.1 Å². The summed E-state index contributed by atoms with van der Waals surface area (Å²) in [5.74, 6) is 0.784. The van der Waals surface area contributed by atoms with Crippen LogP contribution in [0.3, 0.4) is 0 Å². The number of amides is 1. The van der Waals surface area contributed by atoms with Gasteiger partial charge in [-0.15, -0.1) is 24.0 Å². The molecule has 182 valence electrons. The van der Waals surface area contributed by atoms with Crippen LogP contribution in [0.15, 0.2) is 35.3 Å². The molecule has 1 atom stereocenters. The van der Waals surface area contributed by atoms with E-state index in [4.69, 9.17) is 4.74 Å². The van der Waals surface area contributed by atoms with Gasteiger partial charge in [0.15, 0.2) is 5.96 Å². The van der Waals surface area contributed by atoms with E-state index in [1.807, 2.05) is 20.8 Å². The van der Waals surface area contributed by atoms with Crippen molar-refractivity contribution in [3.05, 3.63) is 30.3 Å². The van der Waals surface area contributed by atoms with Crippen LogP contribution in [0.2, 0.25) is 0 Å². The molecule has 3 N–H and O–H groups in total. The van der Waals surface area contributed by atoms with Crippen molar-refractivity contribution in [1.29, 1.82) is 0 Å². The number of nitrogens with zero attached hydrogens (tertiary/aromatic N) is 3. The van der Waals surface area contributed by atoms with Gasteiger partial charge in [0.05, 0.1) is 0 Å². The van der Waals surface area contributed by atoms with Crippen LogP contribution >= 0.6 is 24.0 Å². The van der Waals surface area contributed by atoms with E-state index in [2.05, 4.69) is 68.0 Å². The number of hydrogen-bond acceptors (Lipinski definition) is 5. The molecule has 2 rings (SSSR count). The molecule has 8 nitrogen and oxygen atoms in total. The van der Waals surface area contributed by atoms with Gasteiger partial charge < -0.3 is 25.6 Å². The van der Waals surface area contributed by atoms with E-state index in [0.29, 0.717) is 12.6 Å². The fourth-order valence-electron chi connectivity index (χ4n) is 3.45. The number of anilines is 1. The first kappa shape index (κ1) is 28.3. The maximum atomic E-state index is 11.6. The van der Waals surface area contributed by atoms with Crippen molar-refractivity contribution in [3.8, 4) is 0 Å². The molecule has 0 bridgehead atoms. The van der Waals surface area contributed by atoms with Crippen molar-refractivity contribution in [2.24, 2.45) is 4.99 Å². The number of alkyl carbamates (subject to hydrolysis) is 1. The van der Waals surface area contributed by atoms with E-state index in [1.54, 1.807) is 7.05 Å². The molecule has 1 fully saturated rings. The molecule has 32 heavy (non-hydrogen) atoms. The lowest BCUT2D eigenvalue weighted by atomic mass is 10.2. The Morgan fingerprint density at radius 3 is 2.28 bits per heavy atom. The average molecular weight is 561 g/mol. The Morgan fingerprint density at radius 2 is 1.69 bits per heavy atom. The fraction of sp³-hybridized carbons (Fsp3) is 0.652. The van der Waals surface area contributed by atoms with Crippen LogP contribution in [0, 0.1) is 0 Å². The minimum Gasteiger partial charge on any atom is -0.444 e. The molecular formula is C23H41IN6O2. The molecule has 0 spiro atoms. The summed E-state index contributed by atoms with van der Waals surface area (Å²) in [6, 6.07) is 11.0. The Morgan fingerprint density at radius 1 is 1.06 bits per heavy atom. The molecule has 1 amide bonds. The quantitative estimate of drug-likeness (QED) is 0.197. The number of rotatable bonds is 8. The molecule has 0 aliphatic carbocycles. The molecule has 0 saturated carbocycles. The Labute approximate surface area is 210 Å². The minimum atomic E-state index is -0.473. The Bertz CT molecular complexity index is 687. The number of guanidine groups is 1. The summed E-state index contributed by atoms with van der Waals surface area (Å²) in [4.78, 5) is 20.9. The summed E-state index contributed by atoms with van der Waals surface area (Å²) >= 11 is 0. The number of piperazine rings is 1. The van der Waals surface area contributed by atoms with Crippen molar-refractivity contribution in [3.63, 3.8) is 0 Å². The van der Waals surface area contributed by atoms with Gasteiger partial charge in [-0.25, -0.2) is 4.79 Å². The number of halogens is 1. The fourth-order valence-corrected chi connectivity index (χ4v) is 3.45. The maximum Gasteiger partial charge on any atom is 0.407 e. The van der Waals surface area contributed by atoms with E-state index >= 15 is 0 Å². The number of para-hydroxylation sites is 1. The Balaban J connectivity index is 0.00000512. The number of benzene rings is 1. The normalized spacial score (nSPS) is 16.0. The highest BCUT2D eigenvalue weighted by atomic mass is 127. The largest absolute Gasteiger partial charge is 0.444 e. The van der Waals surface area contributed by atoms with Crippen LogP contribution in [-0.2, 0) is 4.74 Å². The number of nitrogens with one attached hydrogen (secondary N) is 3. The second kappa shape index (κ2) is 14.4. The number of hydrogen-bond donors (Lipinski definition) is 3. The molecule has 1 heterocycles. The predicted molar refractivity (Wildman–Crippen MR) is 143 cm³/mol. The number of carbonyl (C=O) groups excluding carboxylic acids is 1. The summed E-state index contributed by atoms with van der Waals surface area (Å²) < 4.78 is 5.23. The third-order valence-electron chi connectivity index (χ3n) is 5.16. The van der Waals surface area contributed by atoms with Crippen molar-refractivity contribution in [2.75, 3.05) is 57.8 Å². The summed E-state index contributed by atoms with van der Waals surface area (Å²) in [5, 5.41) is 9.48. The summed E-state index contributed by atoms with van der Waals surface area (Å²) in [7, 11) is 1.78. The van der Waals surface area contributed by atoms with Crippen molar-refractivity contribution in [2.45, 2.75) is 45.8 Å². The molecule has 0 radical (unpaired) electrons. The monoisotopic (exact) mass is 560 g/mol. The first-order valence-corrected chi connectivity index (χ1v) is 11.2. The van der Waals surface area contributed by atoms with Crippen molar-refractivity contribution < 1.29 is 9.53 Å². The molecule has 1 aliphatic heterocycles. The zero-order valence-corrected chi connectivity index (χ0v) is 22.5. The SMILES string of the molecule is CN=C(NCCCNC(=O)OC(C)(C)C)NCC(C)N1CCN(c2ccccc2)CC1.I. The summed E-state index contributed by atoms with van der Waals surface area (Å²) in [6.45, 7) is 14.1. The average Bonchev–Trinajstić information content (AvgIpc) is 2.75. The highest BCUT2D eigenvalue weighted by Crippen LogP contribution is 2.16. The lowest BCUT2D eigenvalue weighted by molar-refractivity contribution is 0.0527. The van der Waals surface area contributed by atoms with Gasteiger partial charge in [-0.1, -0.05) is 18.2 Å². The predicted octanol–water partition coefficient (Wildman–Crippen LogP) is 2.89. The van der Waals surface area contributed by atoms with E-state index in [-0.39, 0.29) is 30.1 Å². The van der Waals surface area contributed by atoms with Gasteiger partial charge in [0.2, 0.25) is 0 Å². The standard InChI is InChI=1S/C23H40N6O2.HI/c1-19(28-14-16-29(17-15-28)20-10-7-6-8-11-20)18-27-21(24-5)25-12-9-13-26-22(30)31-23(2,3)4;/h6-8,10-11,19H,9,12-18H2,1-5H3,(H,26,30)(H2,24,25,27);1H. The maximum absolute atomic E-state index is 11.6. The molecule has 1 unspecified atom stereocenters. The topological polar surface area (TPSA) is 81.2 Å². The first-order valence-electron chi connectivity index (χ1n) is 11.2. The molecular weight excluding hydrogens is 519 g/mol. The summed E-state index contributed by atoms with van der Waals surface area (Å²) in [5.41, 5.74) is 0.831. The van der Waals surface area contributed by atoms with Crippen LogP contribution in [-0.4, -0.2) is 81.5 Å². The zero-order chi connectivity index (χ0) is 22.7. The second-order valence-electron chi connectivity index (χ2n) is 8.87. The molecule has 1 aromatic carbocycles.